The quantitative estimate of drug-likeness (QED) is 0.735. The molecule has 0 bridgehead atoms. The average molecular weight is 320 g/mol. The molecule has 0 atom stereocenters. The first-order valence-corrected chi connectivity index (χ1v) is 7.46. The highest BCUT2D eigenvalue weighted by atomic mass is 19.1. The van der Waals surface area contributed by atoms with Crippen LogP contribution in [0.4, 0.5) is 13.2 Å². The Labute approximate surface area is 131 Å². The lowest BCUT2D eigenvalue weighted by atomic mass is 9.93. The summed E-state index contributed by atoms with van der Waals surface area (Å²) >= 11 is 0. The number of aldehydes is 1. The third-order valence-corrected chi connectivity index (χ3v) is 3.91. The number of hydrogen-bond acceptors (Lipinski definition) is 2. The lowest BCUT2D eigenvalue weighted by Crippen LogP contribution is -2.04. The topological polar surface area (TPSA) is 26.3 Å². The lowest BCUT2D eigenvalue weighted by Gasteiger charge is -2.16. The maximum atomic E-state index is 15.0. The molecular weight excluding hydrogens is 305 g/mol. The summed E-state index contributed by atoms with van der Waals surface area (Å²) in [6.45, 7) is 1.84. The minimum Gasteiger partial charge on any atom is -0.490 e. The van der Waals surface area contributed by atoms with Crippen molar-refractivity contribution in [1.82, 2.24) is 0 Å². The van der Waals surface area contributed by atoms with E-state index >= 15 is 0 Å². The van der Waals surface area contributed by atoms with E-state index in [0.29, 0.717) is 11.8 Å². The molecule has 2 nitrogen and oxygen atoms in total. The average Bonchev–Trinajstić information content (AvgIpc) is 3.35. The summed E-state index contributed by atoms with van der Waals surface area (Å²) in [7, 11) is 0. The molecule has 0 aromatic heterocycles. The highest BCUT2D eigenvalue weighted by Crippen LogP contribution is 2.48. The Hall–Kier alpha value is -2.30. The maximum absolute atomic E-state index is 15.0. The number of benzene rings is 2. The highest BCUT2D eigenvalue weighted by molar-refractivity contribution is 5.84. The smallest absolute Gasteiger partial charge is 0.174 e. The van der Waals surface area contributed by atoms with E-state index in [1.54, 1.807) is 13.0 Å². The van der Waals surface area contributed by atoms with Crippen LogP contribution in [0.25, 0.3) is 11.1 Å². The molecule has 1 saturated carbocycles. The van der Waals surface area contributed by atoms with Crippen molar-refractivity contribution in [3.8, 4) is 16.9 Å². The van der Waals surface area contributed by atoms with Crippen LogP contribution in [0, 0.1) is 17.5 Å². The predicted octanol–water partition coefficient (Wildman–Crippen LogP) is 4.86. The molecule has 0 heterocycles. The summed E-state index contributed by atoms with van der Waals surface area (Å²) in [6, 6.07) is 4.57. The van der Waals surface area contributed by atoms with E-state index < -0.39 is 17.5 Å². The monoisotopic (exact) mass is 320 g/mol. The normalized spacial score (nSPS) is 13.9. The Kier molecular flexibility index (Phi) is 4.11. The molecule has 120 valence electrons. The fourth-order valence-corrected chi connectivity index (χ4v) is 2.73. The number of ether oxygens (including phenoxy) is 1. The number of carbonyl (C=O) groups excluding carboxylic acids is 1. The van der Waals surface area contributed by atoms with Gasteiger partial charge in [-0.1, -0.05) is 0 Å². The van der Waals surface area contributed by atoms with Crippen LogP contribution in [0.2, 0.25) is 0 Å². The second-order valence-electron chi connectivity index (χ2n) is 5.52. The van der Waals surface area contributed by atoms with Crippen molar-refractivity contribution in [3.63, 3.8) is 0 Å². The zero-order chi connectivity index (χ0) is 16.6. The van der Waals surface area contributed by atoms with Crippen molar-refractivity contribution in [2.24, 2.45) is 0 Å². The first kappa shape index (κ1) is 15.6. The lowest BCUT2D eigenvalue weighted by molar-refractivity contribution is 0.111. The minimum atomic E-state index is -0.841. The van der Waals surface area contributed by atoms with Crippen molar-refractivity contribution in [2.75, 3.05) is 6.61 Å². The van der Waals surface area contributed by atoms with Gasteiger partial charge in [0.05, 0.1) is 12.2 Å². The number of rotatable bonds is 5. The first-order chi connectivity index (χ1) is 11.1. The van der Waals surface area contributed by atoms with Gasteiger partial charge in [-0.3, -0.25) is 4.79 Å². The van der Waals surface area contributed by atoms with Gasteiger partial charge in [-0.05, 0) is 49.4 Å². The number of halogens is 3. The summed E-state index contributed by atoms with van der Waals surface area (Å²) in [6.07, 6.45) is 2.23. The van der Waals surface area contributed by atoms with Crippen LogP contribution in [0.15, 0.2) is 24.3 Å². The van der Waals surface area contributed by atoms with Gasteiger partial charge in [-0.25, -0.2) is 13.2 Å². The molecule has 2 aromatic rings. The molecule has 0 N–H and O–H groups in total. The zero-order valence-corrected chi connectivity index (χ0v) is 12.5. The molecular formula is C18H15F3O2. The van der Waals surface area contributed by atoms with Gasteiger partial charge < -0.3 is 4.74 Å². The van der Waals surface area contributed by atoms with Crippen LogP contribution in [-0.2, 0) is 0 Å². The van der Waals surface area contributed by atoms with Gasteiger partial charge in [-0.15, -0.1) is 0 Å². The summed E-state index contributed by atoms with van der Waals surface area (Å²) in [5, 5.41) is 0. The van der Waals surface area contributed by atoms with E-state index in [1.165, 1.54) is 6.07 Å². The third kappa shape index (κ3) is 2.83. The van der Waals surface area contributed by atoms with Crippen LogP contribution in [0.1, 0.15) is 41.6 Å². The Bertz CT molecular complexity index is 767. The van der Waals surface area contributed by atoms with Crippen LogP contribution in [-0.4, -0.2) is 12.9 Å². The molecule has 1 fully saturated rings. The van der Waals surface area contributed by atoms with Crippen molar-refractivity contribution in [1.29, 1.82) is 0 Å². The van der Waals surface area contributed by atoms with Gasteiger partial charge >= 0.3 is 0 Å². The molecule has 3 rings (SSSR count). The molecule has 23 heavy (non-hydrogen) atoms. The van der Waals surface area contributed by atoms with Gasteiger partial charge in [0, 0.05) is 17.2 Å². The predicted molar refractivity (Wildman–Crippen MR) is 80.3 cm³/mol. The molecule has 0 aliphatic heterocycles. The van der Waals surface area contributed by atoms with E-state index in [4.69, 9.17) is 4.74 Å². The van der Waals surface area contributed by atoms with Crippen molar-refractivity contribution >= 4 is 6.29 Å². The first-order valence-electron chi connectivity index (χ1n) is 7.46. The fourth-order valence-electron chi connectivity index (χ4n) is 2.73. The zero-order valence-electron chi connectivity index (χ0n) is 12.5. The Morgan fingerprint density at radius 3 is 2.52 bits per heavy atom. The van der Waals surface area contributed by atoms with Gasteiger partial charge in [-0.2, -0.15) is 0 Å². The summed E-state index contributed by atoms with van der Waals surface area (Å²) in [5.74, 6) is -2.45. The molecule has 1 aliphatic rings. The minimum absolute atomic E-state index is 0.0239. The van der Waals surface area contributed by atoms with E-state index in [1.807, 2.05) is 0 Å². The molecule has 2 aromatic carbocycles. The Morgan fingerprint density at radius 1 is 1.22 bits per heavy atom. The van der Waals surface area contributed by atoms with Gasteiger partial charge in [0.15, 0.2) is 17.9 Å². The van der Waals surface area contributed by atoms with Crippen molar-refractivity contribution < 1.29 is 22.7 Å². The van der Waals surface area contributed by atoms with Crippen LogP contribution < -0.4 is 4.74 Å². The van der Waals surface area contributed by atoms with Crippen LogP contribution >= 0.6 is 0 Å². The van der Waals surface area contributed by atoms with Crippen LogP contribution in [0.5, 0.6) is 5.75 Å². The highest BCUT2D eigenvalue weighted by Gasteiger charge is 2.32. The largest absolute Gasteiger partial charge is 0.490 e. The molecule has 5 heteroatoms. The molecule has 0 radical (unpaired) electrons. The Morgan fingerprint density at radius 2 is 1.96 bits per heavy atom. The van der Waals surface area contributed by atoms with Gasteiger partial charge in [0.1, 0.15) is 11.6 Å². The van der Waals surface area contributed by atoms with E-state index in [9.17, 15) is 18.0 Å². The van der Waals surface area contributed by atoms with Gasteiger partial charge in [0.2, 0.25) is 0 Å². The van der Waals surface area contributed by atoms with Crippen molar-refractivity contribution in [3.05, 3.63) is 52.8 Å². The SMILES string of the molecule is CCOc1c(C=O)cc(C2CC2)c(-c2ccc(F)cc2F)c1F. The Balaban J connectivity index is 2.28. The molecule has 0 unspecified atom stereocenters. The number of hydrogen-bond donors (Lipinski definition) is 0. The number of carbonyl (C=O) groups is 1. The molecule has 0 spiro atoms. The second kappa shape index (κ2) is 6.07. The summed E-state index contributed by atoms with van der Waals surface area (Å²) < 4.78 is 47.5. The third-order valence-electron chi connectivity index (χ3n) is 3.91. The molecule has 1 aliphatic carbocycles. The van der Waals surface area contributed by atoms with E-state index in [-0.39, 0.29) is 35.0 Å². The molecule has 0 amide bonds. The second-order valence-corrected chi connectivity index (χ2v) is 5.52. The maximum Gasteiger partial charge on any atom is 0.174 e. The fraction of sp³-hybridized carbons (Fsp3) is 0.278. The molecule has 0 saturated heterocycles. The summed E-state index contributed by atoms with van der Waals surface area (Å²) in [4.78, 5) is 11.2. The summed E-state index contributed by atoms with van der Waals surface area (Å²) in [5.41, 5.74) is 0.708. The van der Waals surface area contributed by atoms with Crippen LogP contribution in [0.3, 0.4) is 0 Å². The van der Waals surface area contributed by atoms with E-state index in [2.05, 4.69) is 0 Å². The van der Waals surface area contributed by atoms with Crippen molar-refractivity contribution in [2.45, 2.75) is 25.7 Å². The van der Waals surface area contributed by atoms with E-state index in [0.717, 1.165) is 25.0 Å². The standard InChI is InChI=1S/C18H15F3O2/c1-2-23-18-11(9-22)7-14(10-3-4-10)16(17(18)21)13-6-5-12(19)8-15(13)20/h5-10H,2-4H2,1H3. The van der Waals surface area contributed by atoms with Gasteiger partial charge in [0.25, 0.3) is 0 Å².